The van der Waals surface area contributed by atoms with Gasteiger partial charge in [0.25, 0.3) is 5.91 Å². The van der Waals surface area contributed by atoms with E-state index in [-0.39, 0.29) is 0 Å². The average Bonchev–Trinajstić information content (AvgIpc) is 2.67. The Hall–Kier alpha value is -0.930. The highest BCUT2D eigenvalue weighted by Gasteiger charge is 2.02. The van der Waals surface area contributed by atoms with Crippen LogP contribution in [0.15, 0.2) is 28.7 Å². The minimum Gasteiger partial charge on any atom is -0.457 e. The highest BCUT2D eigenvalue weighted by Crippen LogP contribution is 2.13. The molecule has 0 aliphatic carbocycles. The number of primary amides is 1. The van der Waals surface area contributed by atoms with E-state index in [1.807, 2.05) is 24.3 Å². The van der Waals surface area contributed by atoms with Gasteiger partial charge < -0.3 is 10.2 Å². The van der Waals surface area contributed by atoms with Gasteiger partial charge in [-0.3, -0.25) is 4.79 Å². The maximum Gasteiger partial charge on any atom is 0.250 e. The van der Waals surface area contributed by atoms with Crippen LogP contribution in [0.3, 0.4) is 0 Å². The molecule has 0 saturated heterocycles. The zero-order valence-electron chi connectivity index (χ0n) is 6.54. The standard InChI is InChI=1S/C6H4O.C2H3Cl2NO/c1-2-6-4-3-5(1)7-6;3-1(4)2(5)6/h1-4H;1H,(H2,5,6). The zero-order chi connectivity index (χ0) is 9.84. The van der Waals surface area contributed by atoms with Crippen LogP contribution in [-0.4, -0.2) is 10.7 Å². The molecule has 2 N–H and O–H groups in total. The molecule has 0 aliphatic rings. The minimum absolute atomic E-state index is 0.710. The smallest absolute Gasteiger partial charge is 0.250 e. The molecule has 0 aromatic carbocycles. The van der Waals surface area contributed by atoms with E-state index in [1.165, 1.54) is 0 Å². The van der Waals surface area contributed by atoms with Gasteiger partial charge in [-0.05, 0) is 24.3 Å². The maximum atomic E-state index is 9.66. The van der Waals surface area contributed by atoms with Crippen molar-refractivity contribution in [2.45, 2.75) is 4.84 Å². The summed E-state index contributed by atoms with van der Waals surface area (Å²) in [6.45, 7) is 0. The lowest BCUT2D eigenvalue weighted by molar-refractivity contribution is -0.116. The molecular formula is C8H7Cl2NO2. The van der Waals surface area contributed by atoms with Crippen molar-refractivity contribution < 1.29 is 9.21 Å². The van der Waals surface area contributed by atoms with Crippen LogP contribution >= 0.6 is 23.2 Å². The number of fused-ring (bicyclic) bond motifs is 2. The van der Waals surface area contributed by atoms with Gasteiger partial charge in [-0.2, -0.15) is 0 Å². The van der Waals surface area contributed by atoms with Crippen LogP contribution in [0.25, 0.3) is 11.2 Å². The minimum atomic E-state index is -1.06. The molecule has 2 rings (SSSR count). The molecule has 2 heterocycles. The van der Waals surface area contributed by atoms with E-state index >= 15 is 0 Å². The zero-order valence-corrected chi connectivity index (χ0v) is 8.05. The Morgan fingerprint density at radius 2 is 1.54 bits per heavy atom. The van der Waals surface area contributed by atoms with Crippen molar-refractivity contribution >= 4 is 40.3 Å². The van der Waals surface area contributed by atoms with E-state index < -0.39 is 10.7 Å². The van der Waals surface area contributed by atoms with Gasteiger partial charge >= 0.3 is 0 Å². The van der Waals surface area contributed by atoms with Crippen molar-refractivity contribution in [3.05, 3.63) is 24.3 Å². The van der Waals surface area contributed by atoms with Crippen molar-refractivity contribution in [3.8, 4) is 0 Å². The fraction of sp³-hybridized carbons (Fsp3) is 0.125. The lowest BCUT2D eigenvalue weighted by atomic mass is 10.4. The first-order valence-corrected chi connectivity index (χ1v) is 4.32. The Balaban J connectivity index is 0.000000133. The molecule has 0 atom stereocenters. The summed E-state index contributed by atoms with van der Waals surface area (Å²) >= 11 is 9.81. The number of hydrogen-bond donors (Lipinski definition) is 1. The molecule has 70 valence electrons. The molecule has 2 aromatic heterocycles. The third kappa shape index (κ3) is 3.13. The van der Waals surface area contributed by atoms with Crippen molar-refractivity contribution in [1.29, 1.82) is 0 Å². The monoisotopic (exact) mass is 219 g/mol. The molecule has 1 amide bonds. The normalized spacial score (nSPS) is 10.1. The van der Waals surface area contributed by atoms with Crippen LogP contribution in [0.5, 0.6) is 0 Å². The molecule has 0 aliphatic heterocycles. The summed E-state index contributed by atoms with van der Waals surface area (Å²) in [4.78, 5) is 8.59. The number of carbonyl (C=O) groups excluding carboxylic acids is 1. The molecule has 0 fully saturated rings. The molecule has 0 saturated carbocycles. The highest BCUT2D eigenvalue weighted by atomic mass is 35.5. The largest absolute Gasteiger partial charge is 0.457 e. The van der Waals surface area contributed by atoms with Crippen LogP contribution < -0.4 is 5.73 Å². The van der Waals surface area contributed by atoms with Crippen LogP contribution in [0.1, 0.15) is 0 Å². The number of amides is 1. The van der Waals surface area contributed by atoms with Gasteiger partial charge in [0, 0.05) is 0 Å². The molecule has 2 aromatic rings. The molecule has 13 heavy (non-hydrogen) atoms. The second-order valence-electron chi connectivity index (χ2n) is 2.28. The molecule has 2 bridgehead atoms. The SMILES string of the molecule is NC(=O)C(Cl)Cl.c1cc2ccc1o2. The molecular weight excluding hydrogens is 213 g/mol. The fourth-order valence-corrected chi connectivity index (χ4v) is 0.712. The Labute approximate surface area is 84.7 Å². The maximum absolute atomic E-state index is 9.66. The number of furan rings is 2. The summed E-state index contributed by atoms with van der Waals surface area (Å²) in [5.41, 5.74) is 6.47. The molecule has 3 nitrogen and oxygen atoms in total. The Morgan fingerprint density at radius 1 is 1.23 bits per heavy atom. The van der Waals surface area contributed by atoms with Gasteiger partial charge in [-0.15, -0.1) is 0 Å². The first kappa shape index (κ1) is 10.2. The van der Waals surface area contributed by atoms with Crippen LogP contribution in [0.2, 0.25) is 0 Å². The van der Waals surface area contributed by atoms with Gasteiger partial charge in [0.1, 0.15) is 11.2 Å². The van der Waals surface area contributed by atoms with Crippen molar-refractivity contribution in [3.63, 3.8) is 0 Å². The van der Waals surface area contributed by atoms with E-state index in [2.05, 4.69) is 5.73 Å². The van der Waals surface area contributed by atoms with E-state index in [4.69, 9.17) is 27.6 Å². The predicted molar refractivity (Wildman–Crippen MR) is 52.1 cm³/mol. The number of hydrogen-bond acceptors (Lipinski definition) is 2. The van der Waals surface area contributed by atoms with Gasteiger partial charge in [-0.25, -0.2) is 0 Å². The Bertz CT molecular complexity index is 327. The summed E-state index contributed by atoms with van der Waals surface area (Å²) in [7, 11) is 0. The molecule has 0 unspecified atom stereocenters. The van der Waals surface area contributed by atoms with Crippen molar-refractivity contribution in [1.82, 2.24) is 0 Å². The van der Waals surface area contributed by atoms with Crippen LogP contribution in [0, 0.1) is 0 Å². The topological polar surface area (TPSA) is 56.2 Å². The number of nitrogens with two attached hydrogens (primary N) is 1. The quantitative estimate of drug-likeness (QED) is 0.748. The van der Waals surface area contributed by atoms with E-state index in [0.717, 1.165) is 11.2 Å². The number of benzene rings is 1. The number of halogens is 2. The third-order valence-corrected chi connectivity index (χ3v) is 1.70. The third-order valence-electron chi connectivity index (χ3n) is 1.27. The Morgan fingerprint density at radius 3 is 1.62 bits per heavy atom. The number of alkyl halides is 2. The number of rotatable bonds is 1. The Kier molecular flexibility index (Phi) is 3.39. The fourth-order valence-electron chi connectivity index (χ4n) is 0.712. The van der Waals surface area contributed by atoms with Gasteiger partial charge in [0.15, 0.2) is 4.84 Å². The molecule has 0 radical (unpaired) electrons. The summed E-state index contributed by atoms with van der Waals surface area (Å²) in [5.74, 6) is -0.710. The molecule has 5 heteroatoms. The number of carbonyl (C=O) groups is 1. The lowest BCUT2D eigenvalue weighted by Crippen LogP contribution is -2.17. The first-order valence-electron chi connectivity index (χ1n) is 3.45. The van der Waals surface area contributed by atoms with E-state index in [1.54, 1.807) is 0 Å². The summed E-state index contributed by atoms with van der Waals surface area (Å²) in [6, 6.07) is 7.81. The first-order chi connectivity index (χ1) is 6.09. The lowest BCUT2D eigenvalue weighted by Gasteiger charge is -1.85. The summed E-state index contributed by atoms with van der Waals surface area (Å²) < 4.78 is 5.08. The molecule has 0 spiro atoms. The highest BCUT2D eigenvalue weighted by molar-refractivity contribution is 6.53. The van der Waals surface area contributed by atoms with Crippen LogP contribution in [-0.2, 0) is 4.79 Å². The van der Waals surface area contributed by atoms with Crippen molar-refractivity contribution in [2.75, 3.05) is 0 Å². The van der Waals surface area contributed by atoms with Crippen LogP contribution in [0.4, 0.5) is 0 Å². The summed E-state index contributed by atoms with van der Waals surface area (Å²) in [6.07, 6.45) is 0. The van der Waals surface area contributed by atoms with Crippen molar-refractivity contribution in [2.24, 2.45) is 5.73 Å². The second kappa shape index (κ2) is 4.35. The van der Waals surface area contributed by atoms with E-state index in [0.29, 0.717) is 0 Å². The van der Waals surface area contributed by atoms with Gasteiger partial charge in [0.2, 0.25) is 0 Å². The van der Waals surface area contributed by atoms with Gasteiger partial charge in [-0.1, -0.05) is 23.2 Å². The van der Waals surface area contributed by atoms with Gasteiger partial charge in [0.05, 0.1) is 0 Å². The average molecular weight is 220 g/mol. The predicted octanol–water partition coefficient (Wildman–Crippen LogP) is 2.15. The summed E-state index contributed by atoms with van der Waals surface area (Å²) in [5, 5.41) is 0. The van der Waals surface area contributed by atoms with E-state index in [9.17, 15) is 4.79 Å². The second-order valence-corrected chi connectivity index (χ2v) is 3.37.